The molecule has 0 fully saturated rings. The number of hydrogen-bond acceptors (Lipinski definition) is 4. The van der Waals surface area contributed by atoms with Crippen molar-refractivity contribution in [3.05, 3.63) is 35.8 Å². The van der Waals surface area contributed by atoms with Crippen LogP contribution in [0.4, 0.5) is 16.5 Å². The molecule has 76 valence electrons. The van der Waals surface area contributed by atoms with Crippen LogP contribution < -0.4 is 10.3 Å². The van der Waals surface area contributed by atoms with Crippen molar-refractivity contribution < 1.29 is 4.57 Å². The minimum absolute atomic E-state index is 0.732. The van der Waals surface area contributed by atoms with Crippen molar-refractivity contribution in [3.63, 3.8) is 0 Å². The molecule has 15 heavy (non-hydrogen) atoms. The maximum atomic E-state index is 5.57. The van der Waals surface area contributed by atoms with Crippen LogP contribution in [0.15, 0.2) is 46.1 Å². The van der Waals surface area contributed by atoms with E-state index in [0.29, 0.717) is 0 Å². The van der Waals surface area contributed by atoms with E-state index < -0.39 is 0 Å². The molecule has 0 aliphatic carbocycles. The van der Waals surface area contributed by atoms with Crippen molar-refractivity contribution >= 4 is 27.8 Å². The Labute approximate surface area is 91.7 Å². The smallest absolute Gasteiger partial charge is 0.399 e. The van der Waals surface area contributed by atoms with E-state index in [-0.39, 0.29) is 0 Å². The summed E-state index contributed by atoms with van der Waals surface area (Å²) in [4.78, 5) is 0. The van der Waals surface area contributed by atoms with E-state index in [1.54, 1.807) is 11.3 Å². The van der Waals surface area contributed by atoms with Gasteiger partial charge in [-0.2, -0.15) is 0 Å². The van der Waals surface area contributed by atoms with E-state index in [1.807, 2.05) is 47.5 Å². The van der Waals surface area contributed by atoms with Crippen molar-refractivity contribution in [1.29, 1.82) is 0 Å². The SMILES string of the molecule is C[n+]1ccsc1N=Nc1ccc(N)cc1. The van der Waals surface area contributed by atoms with Gasteiger partial charge in [0.05, 0.1) is 12.2 Å². The average Bonchev–Trinajstić information content (AvgIpc) is 2.63. The molecule has 0 atom stereocenters. The summed E-state index contributed by atoms with van der Waals surface area (Å²) in [6.45, 7) is 0. The molecular weight excluding hydrogens is 208 g/mol. The zero-order chi connectivity index (χ0) is 10.7. The number of anilines is 1. The van der Waals surface area contributed by atoms with Crippen LogP contribution in [0.2, 0.25) is 0 Å². The number of rotatable bonds is 2. The number of aromatic nitrogens is 1. The van der Waals surface area contributed by atoms with Gasteiger partial charge >= 0.3 is 5.13 Å². The van der Waals surface area contributed by atoms with Crippen LogP contribution >= 0.6 is 11.3 Å². The van der Waals surface area contributed by atoms with Gasteiger partial charge < -0.3 is 5.73 Å². The lowest BCUT2D eigenvalue weighted by Gasteiger charge is -1.89. The van der Waals surface area contributed by atoms with E-state index in [0.717, 1.165) is 16.5 Å². The van der Waals surface area contributed by atoms with Crippen molar-refractivity contribution in [2.24, 2.45) is 17.3 Å². The van der Waals surface area contributed by atoms with Crippen molar-refractivity contribution in [2.75, 3.05) is 5.73 Å². The largest absolute Gasteiger partial charge is 0.408 e. The third-order valence-electron chi connectivity index (χ3n) is 1.90. The first-order valence-corrected chi connectivity index (χ1v) is 5.34. The lowest BCUT2D eigenvalue weighted by Crippen LogP contribution is -2.23. The first kappa shape index (κ1) is 9.79. The van der Waals surface area contributed by atoms with Gasteiger partial charge in [0.2, 0.25) is 0 Å². The van der Waals surface area contributed by atoms with Crippen LogP contribution in [0.5, 0.6) is 0 Å². The second-order valence-electron chi connectivity index (χ2n) is 3.09. The van der Waals surface area contributed by atoms with Crippen LogP contribution in [-0.2, 0) is 7.05 Å². The number of hydrogen-bond donors (Lipinski definition) is 1. The molecule has 0 bridgehead atoms. The van der Waals surface area contributed by atoms with Crippen LogP contribution in [-0.4, -0.2) is 0 Å². The summed E-state index contributed by atoms with van der Waals surface area (Å²) in [6, 6.07) is 7.30. The number of thiazole rings is 1. The predicted octanol–water partition coefficient (Wildman–Crippen LogP) is 2.57. The Morgan fingerprint density at radius 1 is 1.20 bits per heavy atom. The molecule has 2 N–H and O–H groups in total. The van der Waals surface area contributed by atoms with E-state index in [9.17, 15) is 0 Å². The van der Waals surface area contributed by atoms with Gasteiger partial charge in [0.25, 0.3) is 0 Å². The first-order valence-electron chi connectivity index (χ1n) is 4.46. The first-order chi connectivity index (χ1) is 7.25. The fraction of sp³-hybridized carbons (Fsp3) is 0.100. The van der Waals surface area contributed by atoms with Crippen LogP contribution in [0.25, 0.3) is 0 Å². The topological polar surface area (TPSA) is 54.6 Å². The van der Waals surface area contributed by atoms with Gasteiger partial charge in [-0.25, -0.2) is 4.57 Å². The number of benzene rings is 1. The summed E-state index contributed by atoms with van der Waals surface area (Å²) in [5.74, 6) is 0. The fourth-order valence-corrected chi connectivity index (χ4v) is 1.75. The Morgan fingerprint density at radius 2 is 1.93 bits per heavy atom. The van der Waals surface area contributed by atoms with Crippen LogP contribution in [0.1, 0.15) is 0 Å². The van der Waals surface area contributed by atoms with Gasteiger partial charge in [-0.05, 0) is 40.7 Å². The van der Waals surface area contributed by atoms with Crippen molar-refractivity contribution in [3.8, 4) is 0 Å². The minimum atomic E-state index is 0.732. The molecule has 0 aliphatic rings. The van der Waals surface area contributed by atoms with Crippen molar-refractivity contribution in [1.82, 2.24) is 0 Å². The Hall–Kier alpha value is -1.75. The molecule has 1 aromatic carbocycles. The monoisotopic (exact) mass is 219 g/mol. The lowest BCUT2D eigenvalue weighted by molar-refractivity contribution is -0.654. The average molecular weight is 219 g/mol. The van der Waals surface area contributed by atoms with Gasteiger partial charge in [-0.1, -0.05) is 0 Å². The summed E-state index contributed by atoms with van der Waals surface area (Å²) in [7, 11) is 1.94. The summed E-state index contributed by atoms with van der Waals surface area (Å²) < 4.78 is 1.92. The molecule has 0 radical (unpaired) electrons. The summed E-state index contributed by atoms with van der Waals surface area (Å²) in [5, 5.41) is 11.1. The summed E-state index contributed by atoms with van der Waals surface area (Å²) in [5.41, 5.74) is 7.10. The van der Waals surface area contributed by atoms with E-state index >= 15 is 0 Å². The maximum absolute atomic E-state index is 5.57. The van der Waals surface area contributed by atoms with Gasteiger partial charge in [-0.15, -0.1) is 0 Å². The third kappa shape index (κ3) is 2.38. The molecule has 4 nitrogen and oxygen atoms in total. The predicted molar refractivity (Wildman–Crippen MR) is 60.5 cm³/mol. The van der Waals surface area contributed by atoms with Gasteiger partial charge in [0.15, 0.2) is 0 Å². The molecule has 1 heterocycles. The molecule has 0 spiro atoms. The minimum Gasteiger partial charge on any atom is -0.399 e. The second-order valence-corrected chi connectivity index (χ2v) is 3.96. The van der Waals surface area contributed by atoms with Gasteiger partial charge in [0, 0.05) is 11.1 Å². The van der Waals surface area contributed by atoms with Gasteiger partial charge in [0.1, 0.15) is 11.9 Å². The number of azo groups is 1. The molecule has 0 amide bonds. The molecule has 0 saturated heterocycles. The Bertz CT molecular complexity index is 472. The van der Waals surface area contributed by atoms with E-state index in [1.165, 1.54) is 0 Å². The van der Waals surface area contributed by atoms with E-state index in [4.69, 9.17) is 5.73 Å². The molecule has 0 unspecified atom stereocenters. The normalized spacial score (nSPS) is 11.0. The molecule has 0 saturated carbocycles. The fourth-order valence-electron chi connectivity index (χ4n) is 1.07. The number of nitrogens with two attached hydrogens (primary N) is 1. The highest BCUT2D eigenvalue weighted by molar-refractivity contribution is 7.12. The summed E-state index contributed by atoms with van der Waals surface area (Å²) in [6.07, 6.45) is 1.95. The highest BCUT2D eigenvalue weighted by Gasteiger charge is 2.06. The van der Waals surface area contributed by atoms with Crippen LogP contribution in [0, 0.1) is 0 Å². The quantitative estimate of drug-likeness (QED) is 0.471. The number of nitrogen functional groups attached to an aromatic ring is 1. The number of aryl methyl sites for hydroxylation is 1. The van der Waals surface area contributed by atoms with Crippen molar-refractivity contribution in [2.45, 2.75) is 0 Å². The standard InChI is InChI=1S/C10H10N4S/c1-14-6-7-15-10(14)13-12-9-4-2-8(11)3-5-9/h2-7,11H,1H3/p+1. The highest BCUT2D eigenvalue weighted by atomic mass is 32.1. The zero-order valence-corrected chi connectivity index (χ0v) is 9.11. The molecule has 1 aromatic heterocycles. The third-order valence-corrected chi connectivity index (χ3v) is 2.74. The Balaban J connectivity index is 2.19. The molecule has 0 aliphatic heterocycles. The Morgan fingerprint density at radius 3 is 2.53 bits per heavy atom. The lowest BCUT2D eigenvalue weighted by atomic mass is 10.3. The van der Waals surface area contributed by atoms with Crippen LogP contribution in [0.3, 0.4) is 0 Å². The molecule has 2 rings (SSSR count). The molecule has 2 aromatic rings. The Kier molecular flexibility index (Phi) is 2.73. The summed E-state index contributed by atoms with van der Waals surface area (Å²) >= 11 is 1.55. The molecule has 5 heteroatoms. The molecular formula is C10H11N4S+. The zero-order valence-electron chi connectivity index (χ0n) is 8.29. The maximum Gasteiger partial charge on any atom is 0.408 e. The second kappa shape index (κ2) is 4.18. The highest BCUT2D eigenvalue weighted by Crippen LogP contribution is 2.19. The number of nitrogens with zero attached hydrogens (tertiary/aromatic N) is 3. The van der Waals surface area contributed by atoms with E-state index in [2.05, 4.69) is 10.2 Å². The van der Waals surface area contributed by atoms with Gasteiger partial charge in [-0.3, -0.25) is 0 Å².